The van der Waals surface area contributed by atoms with Gasteiger partial charge in [-0.05, 0) is 44.3 Å². The highest BCUT2D eigenvalue weighted by atomic mass is 16.5. The molecule has 5 nitrogen and oxygen atoms in total. The number of hydrogen-bond acceptors (Lipinski definition) is 4. The zero-order chi connectivity index (χ0) is 12.8. The number of piperidine rings is 1. The van der Waals surface area contributed by atoms with Gasteiger partial charge in [-0.3, -0.25) is 4.68 Å². The third-order valence-corrected chi connectivity index (χ3v) is 3.53. The fraction of sp³-hybridized carbons (Fsp3) is 0.769. The molecule has 1 atom stereocenters. The van der Waals surface area contributed by atoms with Crippen LogP contribution in [-0.4, -0.2) is 48.0 Å². The average Bonchev–Trinajstić information content (AvgIpc) is 2.76. The maximum Gasteiger partial charge on any atom is 0.145 e. The number of nitrogens with zero attached hydrogens (tertiary/aromatic N) is 3. The van der Waals surface area contributed by atoms with Crippen molar-refractivity contribution in [1.29, 1.82) is 0 Å². The molecule has 0 spiro atoms. The second-order valence-electron chi connectivity index (χ2n) is 5.12. The van der Waals surface area contributed by atoms with E-state index in [9.17, 15) is 0 Å². The van der Waals surface area contributed by atoms with Gasteiger partial charge in [0.05, 0.1) is 6.61 Å². The molecule has 1 fully saturated rings. The first-order valence-corrected chi connectivity index (χ1v) is 6.78. The van der Waals surface area contributed by atoms with Crippen molar-refractivity contribution in [3.05, 3.63) is 12.3 Å². The smallest absolute Gasteiger partial charge is 0.145 e. The zero-order valence-corrected chi connectivity index (χ0v) is 11.2. The number of nitrogens with two attached hydrogens (primary N) is 1. The van der Waals surface area contributed by atoms with Gasteiger partial charge in [-0.2, -0.15) is 5.10 Å². The van der Waals surface area contributed by atoms with Crippen LogP contribution in [0.2, 0.25) is 0 Å². The van der Waals surface area contributed by atoms with Gasteiger partial charge in [-0.1, -0.05) is 0 Å². The van der Waals surface area contributed by atoms with Crippen molar-refractivity contribution >= 4 is 5.82 Å². The molecular formula is C13H24N4O. The summed E-state index contributed by atoms with van der Waals surface area (Å²) in [6, 6.07) is 1.84. The molecule has 0 amide bonds. The summed E-state index contributed by atoms with van der Waals surface area (Å²) in [6.45, 7) is 5.38. The highest BCUT2D eigenvalue weighted by molar-refractivity contribution is 5.23. The van der Waals surface area contributed by atoms with E-state index in [-0.39, 0.29) is 0 Å². The lowest BCUT2D eigenvalue weighted by Crippen LogP contribution is -2.37. The second-order valence-corrected chi connectivity index (χ2v) is 5.12. The fourth-order valence-corrected chi connectivity index (χ4v) is 2.68. The predicted molar refractivity (Wildman–Crippen MR) is 72.3 cm³/mol. The van der Waals surface area contributed by atoms with E-state index in [2.05, 4.69) is 10.00 Å². The Labute approximate surface area is 109 Å². The molecule has 0 radical (unpaired) electrons. The quantitative estimate of drug-likeness (QED) is 0.827. The monoisotopic (exact) mass is 252 g/mol. The van der Waals surface area contributed by atoms with Crippen LogP contribution in [0.3, 0.4) is 0 Å². The van der Waals surface area contributed by atoms with Crippen molar-refractivity contribution in [2.24, 2.45) is 5.92 Å². The Morgan fingerprint density at radius 1 is 1.50 bits per heavy atom. The van der Waals surface area contributed by atoms with Crippen LogP contribution in [-0.2, 0) is 11.3 Å². The number of aryl methyl sites for hydroxylation is 1. The molecule has 1 aromatic rings. The molecule has 1 saturated heterocycles. The Morgan fingerprint density at radius 3 is 3.11 bits per heavy atom. The zero-order valence-electron chi connectivity index (χ0n) is 11.2. The molecular weight excluding hydrogens is 228 g/mol. The summed E-state index contributed by atoms with van der Waals surface area (Å²) in [5.41, 5.74) is 5.59. The largest absolute Gasteiger partial charge is 0.384 e. The van der Waals surface area contributed by atoms with Gasteiger partial charge in [0.2, 0.25) is 0 Å². The van der Waals surface area contributed by atoms with Crippen LogP contribution in [0.1, 0.15) is 19.3 Å². The highest BCUT2D eigenvalue weighted by Gasteiger charge is 2.19. The van der Waals surface area contributed by atoms with Gasteiger partial charge in [0.25, 0.3) is 0 Å². The predicted octanol–water partition coefficient (Wildman–Crippen LogP) is 1.21. The lowest BCUT2D eigenvalue weighted by molar-refractivity contribution is 0.0894. The molecule has 18 heavy (non-hydrogen) atoms. The van der Waals surface area contributed by atoms with Crippen molar-refractivity contribution in [1.82, 2.24) is 14.7 Å². The molecule has 1 aliphatic heterocycles. The topological polar surface area (TPSA) is 56.3 Å². The second kappa shape index (κ2) is 6.75. The van der Waals surface area contributed by atoms with Crippen molar-refractivity contribution in [3.8, 4) is 0 Å². The molecule has 0 bridgehead atoms. The van der Waals surface area contributed by atoms with E-state index in [1.165, 1.54) is 25.9 Å². The van der Waals surface area contributed by atoms with Crippen LogP contribution in [0.25, 0.3) is 0 Å². The van der Waals surface area contributed by atoms with Gasteiger partial charge in [-0.25, -0.2) is 0 Å². The van der Waals surface area contributed by atoms with Crippen LogP contribution in [0.4, 0.5) is 5.82 Å². The molecule has 0 aliphatic carbocycles. The minimum Gasteiger partial charge on any atom is -0.384 e. The summed E-state index contributed by atoms with van der Waals surface area (Å²) in [5, 5.41) is 4.19. The molecule has 1 unspecified atom stereocenters. The fourth-order valence-electron chi connectivity index (χ4n) is 2.68. The summed E-state index contributed by atoms with van der Waals surface area (Å²) in [6.07, 6.45) is 5.67. The van der Waals surface area contributed by atoms with Gasteiger partial charge in [-0.15, -0.1) is 0 Å². The van der Waals surface area contributed by atoms with Crippen molar-refractivity contribution < 1.29 is 4.74 Å². The van der Waals surface area contributed by atoms with E-state index < -0.39 is 0 Å². The van der Waals surface area contributed by atoms with Gasteiger partial charge >= 0.3 is 0 Å². The molecule has 2 rings (SSSR count). The lowest BCUT2D eigenvalue weighted by Gasteiger charge is -2.32. The van der Waals surface area contributed by atoms with E-state index in [0.29, 0.717) is 11.7 Å². The van der Waals surface area contributed by atoms with Crippen LogP contribution >= 0.6 is 0 Å². The summed E-state index contributed by atoms with van der Waals surface area (Å²) in [7, 11) is 1.79. The molecule has 5 heteroatoms. The maximum atomic E-state index is 5.59. The molecule has 102 valence electrons. The Kier molecular flexibility index (Phi) is 5.01. The molecule has 1 aromatic heterocycles. The molecule has 0 saturated carbocycles. The summed E-state index contributed by atoms with van der Waals surface area (Å²) >= 11 is 0. The van der Waals surface area contributed by atoms with E-state index in [1.54, 1.807) is 7.11 Å². The van der Waals surface area contributed by atoms with Crippen molar-refractivity contribution in [2.45, 2.75) is 25.8 Å². The number of rotatable bonds is 6. The number of methoxy groups -OCH3 is 1. The van der Waals surface area contributed by atoms with E-state index in [1.807, 2.05) is 16.9 Å². The number of ether oxygens (including phenoxy) is 1. The van der Waals surface area contributed by atoms with Crippen LogP contribution < -0.4 is 5.73 Å². The Bertz CT molecular complexity index is 351. The van der Waals surface area contributed by atoms with Gasteiger partial charge in [0, 0.05) is 26.4 Å². The third kappa shape index (κ3) is 3.99. The minimum absolute atomic E-state index is 0.605. The first-order valence-electron chi connectivity index (χ1n) is 6.78. The average molecular weight is 252 g/mol. The van der Waals surface area contributed by atoms with E-state index >= 15 is 0 Å². The molecule has 2 heterocycles. The summed E-state index contributed by atoms with van der Waals surface area (Å²) in [5.74, 6) is 1.32. The first kappa shape index (κ1) is 13.4. The van der Waals surface area contributed by atoms with Crippen LogP contribution in [0.15, 0.2) is 12.3 Å². The Hall–Kier alpha value is -1.07. The molecule has 0 aromatic carbocycles. The van der Waals surface area contributed by atoms with Crippen LogP contribution in [0.5, 0.6) is 0 Å². The van der Waals surface area contributed by atoms with E-state index in [0.717, 1.165) is 26.1 Å². The van der Waals surface area contributed by atoms with Gasteiger partial charge in [0.1, 0.15) is 5.82 Å². The third-order valence-electron chi connectivity index (χ3n) is 3.53. The summed E-state index contributed by atoms with van der Waals surface area (Å²) in [4.78, 5) is 2.54. The molecule has 2 N–H and O–H groups in total. The summed E-state index contributed by atoms with van der Waals surface area (Å²) < 4.78 is 7.17. The van der Waals surface area contributed by atoms with Gasteiger partial charge in [0.15, 0.2) is 0 Å². The lowest BCUT2D eigenvalue weighted by atomic mass is 9.99. The SMILES string of the molecule is COCC1CCCN(CCCn2ccc(N)n2)C1. The standard InChI is InChI=1S/C13H24N4O/c1-18-11-12-4-2-6-16(10-12)7-3-8-17-9-5-13(14)15-17/h5,9,12H,2-4,6-8,10-11H2,1H3,(H2,14,15). The number of anilines is 1. The van der Waals surface area contributed by atoms with Crippen LogP contribution in [0, 0.1) is 5.92 Å². The van der Waals surface area contributed by atoms with Crippen molar-refractivity contribution in [2.75, 3.05) is 39.1 Å². The number of aromatic nitrogens is 2. The highest BCUT2D eigenvalue weighted by Crippen LogP contribution is 2.16. The number of likely N-dealkylation sites (tertiary alicyclic amines) is 1. The minimum atomic E-state index is 0.605. The Balaban J connectivity index is 1.66. The van der Waals surface area contributed by atoms with Crippen molar-refractivity contribution in [3.63, 3.8) is 0 Å². The normalized spacial score (nSPS) is 21.3. The number of hydrogen-bond donors (Lipinski definition) is 1. The first-order chi connectivity index (χ1) is 8.78. The Morgan fingerprint density at radius 2 is 2.39 bits per heavy atom. The molecule has 1 aliphatic rings. The number of nitrogen functional groups attached to an aromatic ring is 1. The maximum absolute atomic E-state index is 5.59. The van der Waals surface area contributed by atoms with Gasteiger partial charge < -0.3 is 15.4 Å². The van der Waals surface area contributed by atoms with E-state index in [4.69, 9.17) is 10.5 Å².